The summed E-state index contributed by atoms with van der Waals surface area (Å²) in [4.78, 5) is 28.6. The molecule has 2 heterocycles. The molecule has 0 saturated heterocycles. The van der Waals surface area contributed by atoms with Gasteiger partial charge in [-0.1, -0.05) is 34.1 Å². The molecule has 6 heteroatoms. The molecule has 29 heavy (non-hydrogen) atoms. The third kappa shape index (κ3) is 3.40. The monoisotopic (exact) mass is 455 g/mol. The molecule has 1 unspecified atom stereocenters. The molecule has 0 fully saturated rings. The van der Waals surface area contributed by atoms with Crippen molar-refractivity contribution in [2.24, 2.45) is 0 Å². The molecule has 1 atom stereocenters. The highest BCUT2D eigenvalue weighted by atomic mass is 79.9. The van der Waals surface area contributed by atoms with Crippen LogP contribution in [0.5, 0.6) is 0 Å². The second-order valence-corrected chi connectivity index (χ2v) is 8.35. The second kappa shape index (κ2) is 7.76. The van der Waals surface area contributed by atoms with Crippen LogP contribution < -0.4 is 5.43 Å². The molecule has 0 saturated carbocycles. The number of aryl methyl sites for hydroxylation is 2. The van der Waals surface area contributed by atoms with Crippen molar-refractivity contribution in [3.8, 4) is 0 Å². The van der Waals surface area contributed by atoms with Gasteiger partial charge in [0.05, 0.1) is 17.0 Å². The fraction of sp³-hybridized carbons (Fsp3) is 0.304. The molecule has 1 aliphatic rings. The third-order valence-electron chi connectivity index (χ3n) is 5.32. The lowest BCUT2D eigenvalue weighted by molar-refractivity contribution is 0.0708. The lowest BCUT2D eigenvalue weighted by Crippen LogP contribution is -2.31. The maximum atomic E-state index is 13.6. The van der Waals surface area contributed by atoms with Gasteiger partial charge in [-0.2, -0.15) is 0 Å². The van der Waals surface area contributed by atoms with Crippen molar-refractivity contribution in [1.29, 1.82) is 0 Å². The topological polar surface area (TPSA) is 59.8 Å². The molecule has 0 bridgehead atoms. The number of hydrogen-bond donors (Lipinski definition) is 0. The van der Waals surface area contributed by atoms with E-state index in [0.29, 0.717) is 36.1 Å². The number of hydrogen-bond acceptors (Lipinski definition) is 4. The fourth-order valence-corrected chi connectivity index (χ4v) is 4.56. The lowest BCUT2D eigenvalue weighted by Gasteiger charge is -2.25. The van der Waals surface area contributed by atoms with E-state index in [4.69, 9.17) is 9.15 Å². The van der Waals surface area contributed by atoms with E-state index in [2.05, 4.69) is 15.9 Å². The zero-order chi connectivity index (χ0) is 20.7. The van der Waals surface area contributed by atoms with Gasteiger partial charge in [-0.05, 0) is 55.2 Å². The van der Waals surface area contributed by atoms with E-state index in [9.17, 15) is 9.59 Å². The van der Waals surface area contributed by atoms with Crippen LogP contribution in [0.2, 0.25) is 0 Å². The second-order valence-electron chi connectivity index (χ2n) is 7.43. The van der Waals surface area contributed by atoms with Crippen molar-refractivity contribution in [3.05, 3.63) is 79.1 Å². The van der Waals surface area contributed by atoms with E-state index in [-0.39, 0.29) is 17.1 Å². The first kappa shape index (κ1) is 19.9. The highest BCUT2D eigenvalue weighted by molar-refractivity contribution is 9.10. The minimum absolute atomic E-state index is 0.133. The summed E-state index contributed by atoms with van der Waals surface area (Å²) in [5.74, 6) is -0.103. The first-order chi connectivity index (χ1) is 13.9. The van der Waals surface area contributed by atoms with E-state index in [1.54, 1.807) is 12.0 Å². The number of ether oxygens (including phenoxy) is 1. The van der Waals surface area contributed by atoms with Gasteiger partial charge in [0.25, 0.3) is 5.91 Å². The average molecular weight is 456 g/mol. The molecule has 0 spiro atoms. The SMILES string of the molecule is COCCCN1C(=O)c2oc3cc(C)cc(C)c3c(=O)c2C1c1cccc(Br)c1. The summed E-state index contributed by atoms with van der Waals surface area (Å²) in [6.45, 7) is 4.86. The van der Waals surface area contributed by atoms with Crippen molar-refractivity contribution < 1.29 is 13.9 Å². The number of nitrogens with zero attached hydrogens (tertiary/aromatic N) is 1. The quantitative estimate of drug-likeness (QED) is 0.520. The molecule has 2 aromatic carbocycles. The van der Waals surface area contributed by atoms with E-state index in [1.807, 2.05) is 50.2 Å². The molecule has 1 aromatic heterocycles. The lowest BCUT2D eigenvalue weighted by atomic mass is 9.97. The fourth-order valence-electron chi connectivity index (χ4n) is 4.15. The number of carbonyl (C=O) groups excluding carboxylic acids is 1. The molecule has 0 aliphatic carbocycles. The van der Waals surface area contributed by atoms with Crippen molar-refractivity contribution in [2.45, 2.75) is 26.3 Å². The first-order valence-electron chi connectivity index (χ1n) is 9.55. The number of methoxy groups -OCH3 is 1. The van der Waals surface area contributed by atoms with Crippen LogP contribution >= 0.6 is 15.9 Å². The summed E-state index contributed by atoms with van der Waals surface area (Å²) < 4.78 is 12.1. The third-order valence-corrected chi connectivity index (χ3v) is 5.82. The summed E-state index contributed by atoms with van der Waals surface area (Å²) >= 11 is 3.50. The van der Waals surface area contributed by atoms with Gasteiger partial charge >= 0.3 is 0 Å². The number of benzene rings is 2. The average Bonchev–Trinajstić information content (AvgIpc) is 2.94. The van der Waals surface area contributed by atoms with Crippen LogP contribution in [-0.4, -0.2) is 31.1 Å². The van der Waals surface area contributed by atoms with Crippen LogP contribution in [0, 0.1) is 13.8 Å². The Morgan fingerprint density at radius 3 is 2.69 bits per heavy atom. The zero-order valence-corrected chi connectivity index (χ0v) is 18.2. The Balaban J connectivity index is 1.96. The van der Waals surface area contributed by atoms with Crippen LogP contribution in [0.3, 0.4) is 0 Å². The zero-order valence-electron chi connectivity index (χ0n) is 16.6. The standard InChI is InChI=1S/C23H22BrNO4/c1-13-10-14(2)18-17(11-13)29-22-19(21(18)26)20(15-6-4-7-16(24)12-15)25(23(22)27)8-5-9-28-3/h4,6-7,10-12,20H,5,8-9H2,1-3H3. The molecule has 1 aliphatic heterocycles. The molecule has 5 nitrogen and oxygen atoms in total. The molecule has 0 N–H and O–H groups in total. The summed E-state index contributed by atoms with van der Waals surface area (Å²) in [7, 11) is 1.63. The van der Waals surface area contributed by atoms with Crippen molar-refractivity contribution in [1.82, 2.24) is 4.90 Å². The van der Waals surface area contributed by atoms with E-state index in [0.717, 1.165) is 21.2 Å². The van der Waals surface area contributed by atoms with Crippen molar-refractivity contribution >= 4 is 32.8 Å². The van der Waals surface area contributed by atoms with E-state index in [1.165, 1.54) is 0 Å². The van der Waals surface area contributed by atoms with Gasteiger partial charge in [-0.25, -0.2) is 0 Å². The Kier molecular flexibility index (Phi) is 5.32. The first-order valence-corrected chi connectivity index (χ1v) is 10.3. The Hall–Kier alpha value is -2.44. The van der Waals surface area contributed by atoms with Gasteiger partial charge in [0, 0.05) is 24.7 Å². The van der Waals surface area contributed by atoms with Gasteiger partial charge < -0.3 is 14.1 Å². The Labute approximate surface area is 177 Å². The highest BCUT2D eigenvalue weighted by Crippen LogP contribution is 2.39. The minimum Gasteiger partial charge on any atom is -0.450 e. The number of halogens is 1. The number of rotatable bonds is 5. The number of carbonyl (C=O) groups is 1. The summed E-state index contributed by atoms with van der Waals surface area (Å²) in [6.07, 6.45) is 0.673. The summed E-state index contributed by atoms with van der Waals surface area (Å²) in [5, 5.41) is 0.542. The van der Waals surface area contributed by atoms with Gasteiger partial charge in [-0.15, -0.1) is 0 Å². The maximum absolute atomic E-state index is 13.6. The van der Waals surface area contributed by atoms with Gasteiger partial charge in [-0.3, -0.25) is 9.59 Å². The maximum Gasteiger partial charge on any atom is 0.290 e. The van der Waals surface area contributed by atoms with Crippen molar-refractivity contribution in [2.75, 3.05) is 20.3 Å². The van der Waals surface area contributed by atoms with E-state index >= 15 is 0 Å². The largest absolute Gasteiger partial charge is 0.450 e. The predicted octanol–water partition coefficient (Wildman–Crippen LogP) is 4.75. The highest BCUT2D eigenvalue weighted by Gasteiger charge is 2.42. The summed E-state index contributed by atoms with van der Waals surface area (Å²) in [5.41, 5.74) is 3.47. The molecule has 1 amide bonds. The van der Waals surface area contributed by atoms with Crippen LogP contribution in [-0.2, 0) is 4.74 Å². The van der Waals surface area contributed by atoms with Crippen LogP contribution in [0.1, 0.15) is 45.3 Å². The summed E-state index contributed by atoms with van der Waals surface area (Å²) in [6, 6.07) is 11.0. The van der Waals surface area contributed by atoms with Gasteiger partial charge in [0.1, 0.15) is 5.58 Å². The van der Waals surface area contributed by atoms with Crippen LogP contribution in [0.15, 0.2) is 50.1 Å². The van der Waals surface area contributed by atoms with Gasteiger partial charge in [0.2, 0.25) is 5.76 Å². The molecule has 0 radical (unpaired) electrons. The Morgan fingerprint density at radius 1 is 1.17 bits per heavy atom. The van der Waals surface area contributed by atoms with Crippen molar-refractivity contribution in [3.63, 3.8) is 0 Å². The predicted molar refractivity (Wildman–Crippen MR) is 115 cm³/mol. The van der Waals surface area contributed by atoms with E-state index < -0.39 is 6.04 Å². The molecule has 150 valence electrons. The van der Waals surface area contributed by atoms with Gasteiger partial charge in [0.15, 0.2) is 5.43 Å². The number of amides is 1. The minimum atomic E-state index is -0.479. The van der Waals surface area contributed by atoms with Crippen LogP contribution in [0.25, 0.3) is 11.0 Å². The Morgan fingerprint density at radius 2 is 1.97 bits per heavy atom. The number of fused-ring (bicyclic) bond motifs is 2. The smallest absolute Gasteiger partial charge is 0.290 e. The molecular weight excluding hydrogens is 434 g/mol. The molecule has 4 rings (SSSR count). The molecular formula is C23H22BrNO4. The van der Waals surface area contributed by atoms with Crippen LogP contribution in [0.4, 0.5) is 0 Å². The Bertz CT molecular complexity index is 1170. The molecule has 3 aromatic rings. The normalized spacial score (nSPS) is 15.9.